The van der Waals surface area contributed by atoms with Gasteiger partial charge in [-0.15, -0.1) is 0 Å². The molecule has 4 rings (SSSR count). The van der Waals surface area contributed by atoms with Gasteiger partial charge in [-0.25, -0.2) is 9.18 Å². The first kappa shape index (κ1) is 28.8. The molecule has 0 atom stereocenters. The summed E-state index contributed by atoms with van der Waals surface area (Å²) in [5.41, 5.74) is 1.65. The summed E-state index contributed by atoms with van der Waals surface area (Å²) in [5.74, 6) is -0.272. The average Bonchev–Trinajstić information content (AvgIpc) is 2.92. The van der Waals surface area contributed by atoms with Crippen LogP contribution in [0.2, 0.25) is 0 Å². The minimum Gasteiger partial charge on any atom is -0.490 e. The number of benzene rings is 3. The maximum absolute atomic E-state index is 13.4. The van der Waals surface area contributed by atoms with Crippen LogP contribution in [0.4, 0.5) is 9.18 Å². The molecule has 40 heavy (non-hydrogen) atoms. The van der Waals surface area contributed by atoms with Crippen molar-refractivity contribution in [2.24, 2.45) is 0 Å². The highest BCUT2D eigenvalue weighted by Crippen LogP contribution is 2.31. The molecule has 1 aliphatic heterocycles. The van der Waals surface area contributed by atoms with Crippen LogP contribution in [0.1, 0.15) is 37.0 Å². The van der Waals surface area contributed by atoms with Crippen LogP contribution >= 0.6 is 15.9 Å². The molecular weight excluding hydrogens is 583 g/mol. The first-order valence-electron chi connectivity index (χ1n) is 12.7. The third-order valence-corrected chi connectivity index (χ3v) is 6.47. The van der Waals surface area contributed by atoms with Crippen LogP contribution in [0.25, 0.3) is 6.08 Å². The topological polar surface area (TPSA) is 94.2 Å². The number of barbiturate groups is 1. The molecule has 1 aliphatic rings. The van der Waals surface area contributed by atoms with Gasteiger partial charge < -0.3 is 14.2 Å². The number of urea groups is 1. The Labute approximate surface area is 239 Å². The Hall–Kier alpha value is -4.18. The Balaban J connectivity index is 1.51. The lowest BCUT2D eigenvalue weighted by molar-refractivity contribution is -0.130. The van der Waals surface area contributed by atoms with Crippen LogP contribution in [-0.4, -0.2) is 36.0 Å². The fourth-order valence-corrected chi connectivity index (χ4v) is 4.46. The molecule has 1 N–H and O–H groups in total. The summed E-state index contributed by atoms with van der Waals surface area (Å²) in [5, 5.41) is 2.23. The van der Waals surface area contributed by atoms with Gasteiger partial charge in [-0.05, 0) is 88.4 Å². The summed E-state index contributed by atoms with van der Waals surface area (Å²) in [7, 11) is 0. The zero-order chi connectivity index (χ0) is 28.6. The monoisotopic (exact) mass is 610 g/mol. The molecule has 0 bridgehead atoms. The molecule has 0 spiro atoms. The van der Waals surface area contributed by atoms with Crippen molar-refractivity contribution in [3.05, 3.63) is 93.2 Å². The van der Waals surface area contributed by atoms with Crippen molar-refractivity contribution < 1.29 is 33.0 Å². The van der Waals surface area contributed by atoms with E-state index >= 15 is 0 Å². The lowest BCUT2D eigenvalue weighted by atomic mass is 10.1. The number of hydrogen-bond acceptors (Lipinski definition) is 6. The molecule has 1 saturated heterocycles. The van der Waals surface area contributed by atoms with Gasteiger partial charge in [0.25, 0.3) is 11.8 Å². The molecule has 1 heterocycles. The van der Waals surface area contributed by atoms with Crippen molar-refractivity contribution in [1.82, 2.24) is 10.2 Å². The first-order valence-corrected chi connectivity index (χ1v) is 13.5. The average molecular weight is 611 g/mol. The highest BCUT2D eigenvalue weighted by Gasteiger charge is 2.35. The second-order valence-electron chi connectivity index (χ2n) is 8.88. The van der Waals surface area contributed by atoms with Crippen LogP contribution in [0.3, 0.4) is 0 Å². The molecule has 3 aromatic rings. The molecule has 1 fully saturated rings. The molecule has 10 heteroatoms. The molecule has 8 nitrogen and oxygen atoms in total. The molecule has 208 valence electrons. The van der Waals surface area contributed by atoms with E-state index in [-0.39, 0.29) is 24.5 Å². The fraction of sp³-hybridized carbons (Fsp3) is 0.233. The van der Waals surface area contributed by atoms with Crippen LogP contribution in [0.15, 0.2) is 70.7 Å². The maximum atomic E-state index is 13.4. The molecule has 4 amide bonds. The van der Waals surface area contributed by atoms with Crippen LogP contribution in [0, 0.1) is 5.82 Å². The summed E-state index contributed by atoms with van der Waals surface area (Å²) in [6.07, 6.45) is 2.24. The fourth-order valence-electron chi connectivity index (χ4n) is 3.95. The number of nitrogens with one attached hydrogen (secondary N) is 1. The van der Waals surface area contributed by atoms with Gasteiger partial charge >= 0.3 is 6.03 Å². The summed E-state index contributed by atoms with van der Waals surface area (Å²) in [4.78, 5) is 39.4. The highest BCUT2D eigenvalue weighted by atomic mass is 79.9. The number of halogens is 2. The zero-order valence-corrected chi connectivity index (χ0v) is 23.6. The molecule has 0 aliphatic carbocycles. The summed E-state index contributed by atoms with van der Waals surface area (Å²) in [6, 6.07) is 15.5. The van der Waals surface area contributed by atoms with Gasteiger partial charge in [-0.1, -0.05) is 31.2 Å². The van der Waals surface area contributed by atoms with Gasteiger partial charge in [0.1, 0.15) is 23.7 Å². The molecule has 0 saturated carbocycles. The Kier molecular flexibility index (Phi) is 9.55. The summed E-state index contributed by atoms with van der Waals surface area (Å²) < 4.78 is 31.2. The number of imide groups is 2. The smallest absolute Gasteiger partial charge is 0.331 e. The minimum absolute atomic E-state index is 0.0695. The van der Waals surface area contributed by atoms with Gasteiger partial charge in [0.05, 0.1) is 24.2 Å². The van der Waals surface area contributed by atoms with E-state index in [1.165, 1.54) is 18.2 Å². The van der Waals surface area contributed by atoms with Gasteiger partial charge in [0, 0.05) is 0 Å². The predicted molar refractivity (Wildman–Crippen MR) is 150 cm³/mol. The van der Waals surface area contributed by atoms with Crippen LogP contribution in [0.5, 0.6) is 17.2 Å². The Morgan fingerprint density at radius 2 is 1.70 bits per heavy atom. The van der Waals surface area contributed by atoms with Gasteiger partial charge in [0.15, 0.2) is 11.5 Å². The Morgan fingerprint density at radius 3 is 2.42 bits per heavy atom. The van der Waals surface area contributed by atoms with E-state index < -0.39 is 17.8 Å². The van der Waals surface area contributed by atoms with E-state index in [0.717, 1.165) is 11.3 Å². The molecule has 0 unspecified atom stereocenters. The van der Waals surface area contributed by atoms with Crippen molar-refractivity contribution in [3.63, 3.8) is 0 Å². The van der Waals surface area contributed by atoms with Crippen LogP contribution in [-0.2, 0) is 22.7 Å². The number of amides is 4. The van der Waals surface area contributed by atoms with Gasteiger partial charge in [0.2, 0.25) is 0 Å². The number of ether oxygens (including phenoxy) is 3. The quantitative estimate of drug-likeness (QED) is 0.211. The Bertz CT molecular complexity index is 1460. The van der Waals surface area contributed by atoms with E-state index in [1.807, 2.05) is 13.8 Å². The molecule has 0 radical (unpaired) electrons. The van der Waals surface area contributed by atoms with E-state index in [0.29, 0.717) is 51.6 Å². The van der Waals surface area contributed by atoms with Gasteiger partial charge in [-0.2, -0.15) is 0 Å². The Morgan fingerprint density at radius 1 is 0.900 bits per heavy atom. The molecule has 0 aromatic heterocycles. The van der Waals surface area contributed by atoms with Crippen molar-refractivity contribution in [3.8, 4) is 17.2 Å². The summed E-state index contributed by atoms with van der Waals surface area (Å²) >= 11 is 3.44. The van der Waals surface area contributed by atoms with E-state index in [1.54, 1.807) is 48.5 Å². The van der Waals surface area contributed by atoms with Crippen molar-refractivity contribution in [1.29, 1.82) is 0 Å². The third-order valence-electron chi connectivity index (χ3n) is 5.85. The standard InChI is InChI=1S/C30H28BrFN2O6/c1-3-12-39-26-11-9-20(16-27(26)38-4-2)17-34-29(36)23(28(35)33-30(34)37)14-19-8-10-25(24(31)15-19)40-18-21-6-5-7-22(32)13-21/h5-11,13-16H,3-4,12,17-18H2,1-2H3,(H,33,35,37)/b23-14+. The summed E-state index contributed by atoms with van der Waals surface area (Å²) in [6.45, 7) is 4.88. The zero-order valence-electron chi connectivity index (χ0n) is 22.0. The van der Waals surface area contributed by atoms with Crippen molar-refractivity contribution in [2.45, 2.75) is 33.4 Å². The first-order chi connectivity index (χ1) is 19.3. The number of carbonyl (C=O) groups is 3. The second-order valence-corrected chi connectivity index (χ2v) is 9.73. The van der Waals surface area contributed by atoms with Crippen LogP contribution < -0.4 is 19.5 Å². The van der Waals surface area contributed by atoms with Gasteiger partial charge in [-0.3, -0.25) is 19.8 Å². The maximum Gasteiger partial charge on any atom is 0.331 e. The van der Waals surface area contributed by atoms with Crippen molar-refractivity contribution in [2.75, 3.05) is 13.2 Å². The predicted octanol–water partition coefficient (Wildman–Crippen LogP) is 6.02. The number of carbonyl (C=O) groups excluding carboxylic acids is 3. The molecule has 3 aromatic carbocycles. The number of rotatable bonds is 11. The number of nitrogens with zero attached hydrogens (tertiary/aromatic N) is 1. The third kappa shape index (κ3) is 7.06. The minimum atomic E-state index is -0.807. The lowest BCUT2D eigenvalue weighted by Crippen LogP contribution is -2.53. The SMILES string of the molecule is CCCOc1ccc(CN2C(=O)NC(=O)/C(=C\c3ccc(OCc4cccc(F)c4)c(Br)c3)C2=O)cc1OCC. The highest BCUT2D eigenvalue weighted by molar-refractivity contribution is 9.10. The van der Waals surface area contributed by atoms with E-state index in [4.69, 9.17) is 14.2 Å². The van der Waals surface area contributed by atoms with E-state index in [2.05, 4.69) is 21.2 Å². The largest absolute Gasteiger partial charge is 0.490 e. The lowest BCUT2D eigenvalue weighted by Gasteiger charge is -2.26. The normalized spacial score (nSPS) is 14.3. The number of hydrogen-bond donors (Lipinski definition) is 1. The molecular formula is C30H28BrFN2O6. The van der Waals surface area contributed by atoms with E-state index in [9.17, 15) is 18.8 Å². The second kappa shape index (κ2) is 13.3. The van der Waals surface area contributed by atoms with Crippen molar-refractivity contribution >= 4 is 39.9 Å².